The summed E-state index contributed by atoms with van der Waals surface area (Å²) in [4.78, 5) is 0. The van der Waals surface area contributed by atoms with Gasteiger partial charge in [-0.1, -0.05) is 0 Å². The summed E-state index contributed by atoms with van der Waals surface area (Å²) in [6.07, 6.45) is -2.59. The molecule has 0 aliphatic rings. The van der Waals surface area contributed by atoms with Crippen molar-refractivity contribution in [2.24, 2.45) is 0 Å². The first kappa shape index (κ1) is 34.7. The Kier molecular flexibility index (Phi) is 14.2. The Hall–Kier alpha value is -2.54. The van der Waals surface area contributed by atoms with E-state index in [0.29, 0.717) is 0 Å². The van der Waals surface area contributed by atoms with E-state index in [9.17, 15) is 54.1 Å². The number of hydrogen-bond acceptors (Lipinski definition) is 7. The molecule has 17 heteroatoms. The van der Waals surface area contributed by atoms with E-state index in [1.54, 1.807) is 0 Å². The zero-order valence-corrected chi connectivity index (χ0v) is 20.9. The van der Waals surface area contributed by atoms with E-state index in [1.165, 1.54) is 0 Å². The van der Waals surface area contributed by atoms with Crippen LogP contribution < -0.4 is 0 Å². The predicted octanol–water partition coefficient (Wildman–Crippen LogP) is 3.58. The minimum Gasteiger partial charge on any atom is -0.388 e. The van der Waals surface area contributed by atoms with Crippen molar-refractivity contribution in [2.45, 2.75) is 25.4 Å². The van der Waals surface area contributed by atoms with Crippen LogP contribution in [-0.4, -0.2) is 75.3 Å². The molecule has 2 rings (SSSR count). The van der Waals surface area contributed by atoms with Crippen molar-refractivity contribution in [3.63, 3.8) is 0 Å². The van der Waals surface area contributed by atoms with Crippen LogP contribution in [0.3, 0.4) is 0 Å². The van der Waals surface area contributed by atoms with Crippen molar-refractivity contribution in [2.75, 3.05) is 52.9 Å². The molecule has 0 saturated carbocycles. The number of hydrogen-bond donors (Lipinski definition) is 2. The number of aliphatic hydroxyl groups is 2. The van der Waals surface area contributed by atoms with E-state index in [-0.39, 0.29) is 39.6 Å². The van der Waals surface area contributed by atoms with Gasteiger partial charge in [0.1, 0.15) is 12.2 Å². The maximum Gasteiger partial charge on any atom is 0.200 e. The summed E-state index contributed by atoms with van der Waals surface area (Å²) < 4.78 is 158. The average Bonchev–Trinajstić information content (AvgIpc) is 2.95. The van der Waals surface area contributed by atoms with Gasteiger partial charge in [-0.05, 0) is 0 Å². The van der Waals surface area contributed by atoms with E-state index in [1.807, 2.05) is 0 Å². The summed E-state index contributed by atoms with van der Waals surface area (Å²) in [7, 11) is 0. The molecule has 0 aliphatic heterocycles. The third-order valence-corrected chi connectivity index (χ3v) is 5.08. The Morgan fingerprint density at radius 2 is 0.610 bits per heavy atom. The lowest BCUT2D eigenvalue weighted by atomic mass is 10.2. The molecule has 0 fully saturated rings. The molecule has 0 spiro atoms. The number of rotatable bonds is 18. The smallest absolute Gasteiger partial charge is 0.200 e. The lowest BCUT2D eigenvalue weighted by Gasteiger charge is -2.14. The molecule has 41 heavy (non-hydrogen) atoms. The monoisotopic (exact) mass is 614 g/mol. The van der Waals surface area contributed by atoms with Crippen LogP contribution in [0.15, 0.2) is 0 Å². The van der Waals surface area contributed by atoms with Crippen molar-refractivity contribution >= 4 is 0 Å². The molecule has 0 radical (unpaired) electrons. The number of aliphatic hydroxyl groups excluding tert-OH is 2. The summed E-state index contributed by atoms with van der Waals surface area (Å²) in [5.74, 6) is -21.2. The first-order valence-corrected chi connectivity index (χ1v) is 11.6. The fourth-order valence-electron chi connectivity index (χ4n) is 3.02. The standard InChI is InChI=1S/C24H24F10O7/c25-15-13(16(26)20(30)23(33)19(15)29)9-40-7-11(35)5-38-3-1-37-2-4-39-6-12(36)8-41-10-14-17(27)21(31)24(34)22(32)18(14)28/h11-12,35-36H,1-10H2. The van der Waals surface area contributed by atoms with Crippen LogP contribution in [-0.2, 0) is 36.9 Å². The lowest BCUT2D eigenvalue weighted by molar-refractivity contribution is -0.0504. The highest BCUT2D eigenvalue weighted by molar-refractivity contribution is 5.24. The predicted molar refractivity (Wildman–Crippen MR) is 116 cm³/mol. The Morgan fingerprint density at radius 3 is 0.927 bits per heavy atom. The quantitative estimate of drug-likeness (QED) is 0.115. The Morgan fingerprint density at radius 1 is 0.366 bits per heavy atom. The minimum atomic E-state index is -2.30. The average molecular weight is 614 g/mol. The van der Waals surface area contributed by atoms with Gasteiger partial charge in [-0.25, -0.2) is 43.9 Å². The molecule has 2 aromatic carbocycles. The molecule has 232 valence electrons. The number of benzene rings is 2. The van der Waals surface area contributed by atoms with Crippen LogP contribution in [0.25, 0.3) is 0 Å². The first-order chi connectivity index (χ1) is 19.4. The second-order valence-corrected chi connectivity index (χ2v) is 8.20. The largest absolute Gasteiger partial charge is 0.388 e. The van der Waals surface area contributed by atoms with Crippen LogP contribution in [0.4, 0.5) is 43.9 Å². The Balaban J connectivity index is 1.51. The van der Waals surface area contributed by atoms with Crippen LogP contribution >= 0.6 is 0 Å². The number of ether oxygens (including phenoxy) is 5. The second-order valence-electron chi connectivity index (χ2n) is 8.20. The summed E-state index contributed by atoms with van der Waals surface area (Å²) in [6.45, 7) is -3.68. The summed E-state index contributed by atoms with van der Waals surface area (Å²) in [6, 6.07) is 0. The zero-order chi connectivity index (χ0) is 30.7. The van der Waals surface area contributed by atoms with E-state index in [4.69, 9.17) is 23.7 Å². The topological polar surface area (TPSA) is 86.6 Å². The third-order valence-electron chi connectivity index (χ3n) is 5.08. The molecule has 0 aromatic heterocycles. The summed E-state index contributed by atoms with van der Waals surface area (Å²) >= 11 is 0. The van der Waals surface area contributed by atoms with Gasteiger partial charge in [-0.15, -0.1) is 0 Å². The fourth-order valence-corrected chi connectivity index (χ4v) is 3.02. The van der Waals surface area contributed by atoms with Gasteiger partial charge in [0.05, 0.1) is 77.2 Å². The van der Waals surface area contributed by atoms with E-state index in [2.05, 4.69) is 0 Å². The third kappa shape index (κ3) is 9.76. The molecule has 0 heterocycles. The molecule has 0 saturated heterocycles. The fraction of sp³-hybridized carbons (Fsp3) is 0.500. The Labute approximate surface area is 226 Å². The van der Waals surface area contributed by atoms with Crippen molar-refractivity contribution in [1.82, 2.24) is 0 Å². The van der Waals surface area contributed by atoms with E-state index < -0.39 is 108 Å². The van der Waals surface area contributed by atoms with Gasteiger partial charge >= 0.3 is 0 Å². The summed E-state index contributed by atoms with van der Waals surface area (Å²) in [5, 5.41) is 19.4. The highest BCUT2D eigenvalue weighted by Crippen LogP contribution is 2.24. The van der Waals surface area contributed by atoms with Crippen molar-refractivity contribution < 1.29 is 77.8 Å². The lowest BCUT2D eigenvalue weighted by Crippen LogP contribution is -2.24. The molecule has 0 bridgehead atoms. The van der Waals surface area contributed by atoms with Crippen molar-refractivity contribution in [3.05, 3.63) is 69.3 Å². The second kappa shape index (κ2) is 16.8. The molecule has 2 atom stereocenters. The zero-order valence-electron chi connectivity index (χ0n) is 20.9. The van der Waals surface area contributed by atoms with E-state index in [0.717, 1.165) is 0 Å². The van der Waals surface area contributed by atoms with Gasteiger partial charge in [0.25, 0.3) is 0 Å². The first-order valence-electron chi connectivity index (χ1n) is 11.6. The Bertz CT molecular complexity index is 1010. The number of halogens is 10. The van der Waals surface area contributed by atoms with Crippen LogP contribution in [0.5, 0.6) is 0 Å². The van der Waals surface area contributed by atoms with Gasteiger partial charge < -0.3 is 33.9 Å². The van der Waals surface area contributed by atoms with Crippen LogP contribution in [0.1, 0.15) is 11.1 Å². The van der Waals surface area contributed by atoms with Gasteiger partial charge in [0.2, 0.25) is 11.6 Å². The maximum atomic E-state index is 13.5. The van der Waals surface area contributed by atoms with Crippen LogP contribution in [0.2, 0.25) is 0 Å². The molecule has 2 unspecified atom stereocenters. The molecule has 7 nitrogen and oxygen atoms in total. The molecule has 2 aromatic rings. The van der Waals surface area contributed by atoms with Gasteiger partial charge in [-0.3, -0.25) is 0 Å². The minimum absolute atomic E-state index is 0.0229. The van der Waals surface area contributed by atoms with Gasteiger partial charge in [-0.2, -0.15) is 0 Å². The van der Waals surface area contributed by atoms with Crippen LogP contribution in [0, 0.1) is 58.2 Å². The van der Waals surface area contributed by atoms with E-state index >= 15 is 0 Å². The van der Waals surface area contributed by atoms with Gasteiger partial charge in [0.15, 0.2) is 46.5 Å². The normalized spacial score (nSPS) is 13.2. The molecule has 0 amide bonds. The molecular formula is C24H24F10O7. The highest BCUT2D eigenvalue weighted by atomic mass is 19.2. The van der Waals surface area contributed by atoms with Gasteiger partial charge in [0, 0.05) is 0 Å². The maximum absolute atomic E-state index is 13.5. The summed E-state index contributed by atoms with van der Waals surface area (Å²) in [5.41, 5.74) is -2.37. The highest BCUT2D eigenvalue weighted by Gasteiger charge is 2.27. The van der Waals surface area contributed by atoms with Crippen molar-refractivity contribution in [3.8, 4) is 0 Å². The molecular weight excluding hydrogens is 590 g/mol. The molecule has 2 N–H and O–H groups in total. The molecule has 0 aliphatic carbocycles. The van der Waals surface area contributed by atoms with Crippen molar-refractivity contribution in [1.29, 1.82) is 0 Å². The SMILES string of the molecule is OC(COCCOCCOCC(O)COCc1c(F)c(F)c(F)c(F)c1F)COCc1c(F)c(F)c(F)c(F)c1F.